The van der Waals surface area contributed by atoms with Crippen LogP contribution < -0.4 is 10.5 Å². The minimum absolute atomic E-state index is 0.368. The number of nitrogens with zero attached hydrogens (tertiary/aromatic N) is 2. The van der Waals surface area contributed by atoms with Crippen molar-refractivity contribution in [2.75, 3.05) is 12.8 Å². The van der Waals surface area contributed by atoms with Crippen LogP contribution in [0.4, 0.5) is 10.2 Å². The van der Waals surface area contributed by atoms with Gasteiger partial charge >= 0.3 is 0 Å². The van der Waals surface area contributed by atoms with Crippen LogP contribution in [0, 0.1) is 12.7 Å². The molecule has 1 aromatic heterocycles. The number of benzene rings is 1. The Hall–Kier alpha value is -2.17. The predicted octanol–water partition coefficient (Wildman–Crippen LogP) is 3.06. The highest BCUT2D eigenvalue weighted by Crippen LogP contribution is 2.40. The van der Waals surface area contributed by atoms with Gasteiger partial charge in [0.2, 0.25) is 0 Å². The van der Waals surface area contributed by atoms with Crippen molar-refractivity contribution in [3.8, 4) is 17.0 Å². The van der Waals surface area contributed by atoms with Gasteiger partial charge in [-0.3, -0.25) is 0 Å². The van der Waals surface area contributed by atoms with E-state index in [4.69, 9.17) is 10.5 Å². The Bertz CT molecular complexity index is 668. The van der Waals surface area contributed by atoms with Gasteiger partial charge in [-0.2, -0.15) is 0 Å². The molecule has 0 atom stereocenters. The van der Waals surface area contributed by atoms with Crippen molar-refractivity contribution in [3.05, 3.63) is 35.4 Å². The maximum absolute atomic E-state index is 14.2. The molecule has 0 amide bonds. The van der Waals surface area contributed by atoms with E-state index >= 15 is 0 Å². The molecule has 0 unspecified atom stereocenters. The average Bonchev–Trinajstić information content (AvgIpc) is 3.26. The first kappa shape index (κ1) is 12.8. The van der Waals surface area contributed by atoms with Gasteiger partial charge in [0.1, 0.15) is 23.2 Å². The van der Waals surface area contributed by atoms with E-state index in [0.29, 0.717) is 34.3 Å². The SMILES string of the molecule is COc1ccc(-c2nc(C3CC3)nc(N)c2C)c(F)c1. The normalized spacial score (nSPS) is 14.3. The van der Waals surface area contributed by atoms with Gasteiger partial charge in [-0.05, 0) is 31.9 Å². The lowest BCUT2D eigenvalue weighted by Crippen LogP contribution is -2.05. The Morgan fingerprint density at radius 3 is 2.65 bits per heavy atom. The topological polar surface area (TPSA) is 61.0 Å². The highest BCUT2D eigenvalue weighted by molar-refractivity contribution is 5.68. The number of nitrogen functional groups attached to an aromatic ring is 1. The molecule has 2 aromatic rings. The molecule has 5 heteroatoms. The van der Waals surface area contributed by atoms with Gasteiger partial charge < -0.3 is 10.5 Å². The summed E-state index contributed by atoms with van der Waals surface area (Å²) in [6, 6.07) is 4.73. The lowest BCUT2D eigenvalue weighted by molar-refractivity contribution is 0.411. The van der Waals surface area contributed by atoms with Crippen molar-refractivity contribution in [1.29, 1.82) is 0 Å². The molecule has 1 heterocycles. The number of nitrogens with two attached hydrogens (primary N) is 1. The Labute approximate surface area is 116 Å². The number of aromatic nitrogens is 2. The van der Waals surface area contributed by atoms with E-state index in [1.54, 1.807) is 12.1 Å². The summed E-state index contributed by atoms with van der Waals surface area (Å²) < 4.78 is 19.2. The summed E-state index contributed by atoms with van der Waals surface area (Å²) >= 11 is 0. The lowest BCUT2D eigenvalue weighted by Gasteiger charge is -2.11. The standard InChI is InChI=1S/C15H16FN3O/c1-8-13(11-6-5-10(20-2)7-12(11)16)18-15(9-3-4-9)19-14(8)17/h5-7,9H,3-4H2,1-2H3,(H2,17,18,19). The second-order valence-electron chi connectivity index (χ2n) is 5.06. The van der Waals surface area contributed by atoms with Gasteiger partial charge in [-0.1, -0.05) is 0 Å². The first-order valence-corrected chi connectivity index (χ1v) is 6.58. The van der Waals surface area contributed by atoms with Crippen LogP contribution in [0.15, 0.2) is 18.2 Å². The van der Waals surface area contributed by atoms with E-state index in [0.717, 1.165) is 18.7 Å². The van der Waals surface area contributed by atoms with Gasteiger partial charge in [0, 0.05) is 23.1 Å². The van der Waals surface area contributed by atoms with Crippen molar-refractivity contribution >= 4 is 5.82 Å². The Balaban J connectivity index is 2.13. The summed E-state index contributed by atoms with van der Waals surface area (Å²) in [4.78, 5) is 8.81. The smallest absolute Gasteiger partial charge is 0.136 e. The van der Waals surface area contributed by atoms with Crippen LogP contribution in [0.3, 0.4) is 0 Å². The third-order valence-electron chi connectivity index (χ3n) is 3.57. The number of hydrogen-bond acceptors (Lipinski definition) is 4. The largest absolute Gasteiger partial charge is 0.497 e. The van der Waals surface area contributed by atoms with Crippen LogP contribution in [0.1, 0.15) is 30.1 Å². The molecule has 0 aliphatic heterocycles. The molecule has 2 N–H and O–H groups in total. The summed E-state index contributed by atoms with van der Waals surface area (Å²) in [6.45, 7) is 1.81. The lowest BCUT2D eigenvalue weighted by atomic mass is 10.1. The molecule has 1 fully saturated rings. The first-order chi connectivity index (χ1) is 9.60. The van der Waals surface area contributed by atoms with Crippen LogP contribution in [0.2, 0.25) is 0 Å². The van der Waals surface area contributed by atoms with Gasteiger partial charge in [0.25, 0.3) is 0 Å². The quantitative estimate of drug-likeness (QED) is 0.933. The zero-order valence-electron chi connectivity index (χ0n) is 11.5. The molecule has 1 aliphatic rings. The van der Waals surface area contributed by atoms with E-state index in [-0.39, 0.29) is 5.82 Å². The highest BCUT2D eigenvalue weighted by atomic mass is 19.1. The van der Waals surface area contributed by atoms with Gasteiger partial charge in [-0.25, -0.2) is 14.4 Å². The monoisotopic (exact) mass is 273 g/mol. The molecule has 1 aliphatic carbocycles. The van der Waals surface area contributed by atoms with Crippen molar-refractivity contribution in [2.45, 2.75) is 25.7 Å². The first-order valence-electron chi connectivity index (χ1n) is 6.58. The molecule has 0 saturated heterocycles. The minimum Gasteiger partial charge on any atom is -0.497 e. The number of anilines is 1. The molecule has 0 bridgehead atoms. The number of ether oxygens (including phenoxy) is 1. The third-order valence-corrected chi connectivity index (χ3v) is 3.57. The molecule has 104 valence electrons. The Kier molecular flexibility index (Phi) is 3.04. The molecular weight excluding hydrogens is 257 g/mol. The molecule has 0 radical (unpaired) electrons. The molecule has 3 rings (SSSR count). The molecule has 1 aromatic carbocycles. The second kappa shape index (κ2) is 4.74. The highest BCUT2D eigenvalue weighted by Gasteiger charge is 2.28. The van der Waals surface area contributed by atoms with Gasteiger partial charge in [0.15, 0.2) is 0 Å². The van der Waals surface area contributed by atoms with E-state index in [1.807, 2.05) is 6.92 Å². The average molecular weight is 273 g/mol. The van der Waals surface area contributed by atoms with E-state index in [2.05, 4.69) is 9.97 Å². The zero-order chi connectivity index (χ0) is 14.3. The second-order valence-corrected chi connectivity index (χ2v) is 5.06. The summed E-state index contributed by atoms with van der Waals surface area (Å²) in [5.41, 5.74) is 7.64. The van der Waals surface area contributed by atoms with Crippen molar-refractivity contribution in [2.24, 2.45) is 0 Å². The van der Waals surface area contributed by atoms with Gasteiger partial charge in [0.05, 0.1) is 12.8 Å². The third kappa shape index (κ3) is 2.19. The van der Waals surface area contributed by atoms with Crippen LogP contribution in [0.25, 0.3) is 11.3 Å². The number of halogens is 1. The zero-order valence-corrected chi connectivity index (χ0v) is 11.5. The van der Waals surface area contributed by atoms with Crippen LogP contribution >= 0.6 is 0 Å². The van der Waals surface area contributed by atoms with Crippen LogP contribution in [-0.4, -0.2) is 17.1 Å². The van der Waals surface area contributed by atoms with Crippen molar-refractivity contribution < 1.29 is 9.13 Å². The fourth-order valence-electron chi connectivity index (χ4n) is 2.15. The summed E-state index contributed by atoms with van der Waals surface area (Å²) in [6.07, 6.45) is 2.15. The fraction of sp³-hybridized carbons (Fsp3) is 0.333. The summed E-state index contributed by atoms with van der Waals surface area (Å²) in [7, 11) is 1.51. The maximum Gasteiger partial charge on any atom is 0.136 e. The Morgan fingerprint density at radius 2 is 2.05 bits per heavy atom. The van der Waals surface area contributed by atoms with Crippen molar-refractivity contribution in [1.82, 2.24) is 9.97 Å². The predicted molar refractivity (Wildman–Crippen MR) is 75.1 cm³/mol. The maximum atomic E-state index is 14.2. The van der Waals surface area contributed by atoms with E-state index < -0.39 is 0 Å². The fourth-order valence-corrected chi connectivity index (χ4v) is 2.15. The van der Waals surface area contributed by atoms with E-state index in [1.165, 1.54) is 13.2 Å². The molecule has 20 heavy (non-hydrogen) atoms. The number of hydrogen-bond donors (Lipinski definition) is 1. The van der Waals surface area contributed by atoms with Crippen molar-refractivity contribution in [3.63, 3.8) is 0 Å². The van der Waals surface area contributed by atoms with E-state index in [9.17, 15) is 4.39 Å². The number of methoxy groups -OCH3 is 1. The molecule has 1 saturated carbocycles. The minimum atomic E-state index is -0.368. The van der Waals surface area contributed by atoms with Crippen LogP contribution in [0.5, 0.6) is 5.75 Å². The van der Waals surface area contributed by atoms with Crippen LogP contribution in [-0.2, 0) is 0 Å². The van der Waals surface area contributed by atoms with Gasteiger partial charge in [-0.15, -0.1) is 0 Å². The summed E-state index contributed by atoms with van der Waals surface area (Å²) in [5, 5.41) is 0. The number of rotatable bonds is 3. The summed E-state index contributed by atoms with van der Waals surface area (Å²) in [5.74, 6) is 1.63. The Morgan fingerprint density at radius 1 is 1.30 bits per heavy atom. The molecular formula is C15H16FN3O. The molecule has 0 spiro atoms. The molecule has 4 nitrogen and oxygen atoms in total.